The summed E-state index contributed by atoms with van der Waals surface area (Å²) in [6.07, 6.45) is -0.276. The highest BCUT2D eigenvalue weighted by Crippen LogP contribution is 2.20. The van der Waals surface area contributed by atoms with Crippen molar-refractivity contribution in [3.63, 3.8) is 0 Å². The minimum atomic E-state index is -1.42. The number of esters is 1. The van der Waals surface area contributed by atoms with Crippen LogP contribution in [0.3, 0.4) is 0 Å². The number of Topliss-reactive ketones (excluding diaryl/α,β-unsaturated/α-hetero) is 1. The molecule has 1 aromatic carbocycles. The Morgan fingerprint density at radius 3 is 2.20 bits per heavy atom. The first kappa shape index (κ1) is 16.0. The number of aryl methyl sites for hydroxylation is 1. The van der Waals surface area contributed by atoms with Gasteiger partial charge in [-0.15, -0.1) is 0 Å². The Morgan fingerprint density at radius 1 is 1.20 bits per heavy atom. The van der Waals surface area contributed by atoms with Crippen molar-refractivity contribution < 1.29 is 14.3 Å². The lowest BCUT2D eigenvalue weighted by molar-refractivity contribution is -0.158. The molecule has 0 radical (unpaired) electrons. The zero-order chi connectivity index (χ0) is 15.3. The van der Waals surface area contributed by atoms with Crippen molar-refractivity contribution >= 4 is 11.8 Å². The van der Waals surface area contributed by atoms with Gasteiger partial charge in [0, 0.05) is 5.56 Å². The molecule has 0 aromatic heterocycles. The van der Waals surface area contributed by atoms with Gasteiger partial charge in [0.25, 0.3) is 0 Å². The van der Waals surface area contributed by atoms with E-state index in [0.29, 0.717) is 0 Å². The number of rotatable bonds is 3. The van der Waals surface area contributed by atoms with Crippen molar-refractivity contribution in [2.24, 2.45) is 5.41 Å². The first-order chi connectivity index (χ1) is 9.25. The molecule has 1 atom stereocenters. The van der Waals surface area contributed by atoms with Crippen LogP contribution in [0.1, 0.15) is 38.8 Å². The Bertz CT molecular complexity index is 558. The number of carbonyl (C=O) groups excluding carboxylic acids is 2. The second kappa shape index (κ2) is 6.38. The minimum absolute atomic E-state index is 0.276. The van der Waals surface area contributed by atoms with E-state index >= 15 is 0 Å². The first-order valence-electron chi connectivity index (χ1n) is 6.57. The van der Waals surface area contributed by atoms with Crippen molar-refractivity contribution in [1.29, 1.82) is 0 Å². The van der Waals surface area contributed by atoms with Crippen LogP contribution in [0.5, 0.6) is 0 Å². The van der Waals surface area contributed by atoms with Crippen molar-refractivity contribution in [1.82, 2.24) is 0 Å². The van der Waals surface area contributed by atoms with E-state index in [0.717, 1.165) is 11.1 Å². The van der Waals surface area contributed by atoms with Crippen LogP contribution in [0.15, 0.2) is 24.3 Å². The maximum atomic E-state index is 12.0. The van der Waals surface area contributed by atoms with Gasteiger partial charge >= 0.3 is 5.97 Å². The van der Waals surface area contributed by atoms with E-state index in [2.05, 4.69) is 11.8 Å². The monoisotopic (exact) mass is 272 g/mol. The standard InChI is InChI=1S/C17H20O3/c1-12(2)20-16(19)17(5,14(4)18)11-10-15-8-6-13(3)7-9-15/h6-9,12H,1-5H3/t17-/m1/s1. The van der Waals surface area contributed by atoms with E-state index in [1.54, 1.807) is 13.8 Å². The van der Waals surface area contributed by atoms with Gasteiger partial charge in [-0.25, -0.2) is 4.79 Å². The second-order valence-electron chi connectivity index (χ2n) is 5.25. The molecule has 0 aliphatic heterocycles. The van der Waals surface area contributed by atoms with E-state index in [1.807, 2.05) is 31.2 Å². The van der Waals surface area contributed by atoms with E-state index in [9.17, 15) is 9.59 Å². The average molecular weight is 272 g/mol. The predicted molar refractivity (Wildman–Crippen MR) is 78.1 cm³/mol. The summed E-state index contributed by atoms with van der Waals surface area (Å²) in [7, 11) is 0. The fraction of sp³-hybridized carbons (Fsp3) is 0.412. The summed E-state index contributed by atoms with van der Waals surface area (Å²) < 4.78 is 5.12. The van der Waals surface area contributed by atoms with Crippen LogP contribution in [0.25, 0.3) is 0 Å². The van der Waals surface area contributed by atoms with Crippen LogP contribution >= 0.6 is 0 Å². The third-order valence-electron chi connectivity index (χ3n) is 2.96. The molecule has 20 heavy (non-hydrogen) atoms. The van der Waals surface area contributed by atoms with Gasteiger partial charge in [-0.3, -0.25) is 4.79 Å². The fourth-order valence-electron chi connectivity index (χ4n) is 1.45. The van der Waals surface area contributed by atoms with Gasteiger partial charge in [0.1, 0.15) is 0 Å². The van der Waals surface area contributed by atoms with Crippen molar-refractivity contribution in [3.8, 4) is 11.8 Å². The molecular weight excluding hydrogens is 252 g/mol. The van der Waals surface area contributed by atoms with Crippen LogP contribution in [0.2, 0.25) is 0 Å². The Morgan fingerprint density at radius 2 is 1.75 bits per heavy atom. The molecule has 0 heterocycles. The molecule has 0 saturated heterocycles. The summed E-state index contributed by atoms with van der Waals surface area (Å²) in [5.41, 5.74) is 0.472. The van der Waals surface area contributed by atoms with Crippen molar-refractivity contribution in [2.75, 3.05) is 0 Å². The molecule has 3 nitrogen and oxygen atoms in total. The third kappa shape index (κ3) is 3.96. The van der Waals surface area contributed by atoms with Gasteiger partial charge in [-0.05, 0) is 46.8 Å². The lowest BCUT2D eigenvalue weighted by Crippen LogP contribution is -2.36. The van der Waals surface area contributed by atoms with Crippen LogP contribution < -0.4 is 0 Å². The molecule has 3 heteroatoms. The number of carbonyl (C=O) groups is 2. The predicted octanol–water partition coefficient (Wildman–Crippen LogP) is 2.89. The first-order valence-corrected chi connectivity index (χ1v) is 6.57. The van der Waals surface area contributed by atoms with E-state index in [-0.39, 0.29) is 11.9 Å². The van der Waals surface area contributed by atoms with Gasteiger partial charge in [-0.1, -0.05) is 29.5 Å². The van der Waals surface area contributed by atoms with Gasteiger partial charge in [0.15, 0.2) is 11.2 Å². The highest BCUT2D eigenvalue weighted by atomic mass is 16.5. The molecule has 0 N–H and O–H groups in total. The molecule has 0 unspecified atom stereocenters. The van der Waals surface area contributed by atoms with Gasteiger partial charge < -0.3 is 4.74 Å². The zero-order valence-electron chi connectivity index (χ0n) is 12.6. The van der Waals surface area contributed by atoms with Crippen LogP contribution in [0, 0.1) is 24.2 Å². The van der Waals surface area contributed by atoms with E-state index < -0.39 is 11.4 Å². The average Bonchev–Trinajstić information content (AvgIpc) is 2.36. The van der Waals surface area contributed by atoms with Crippen LogP contribution in [-0.4, -0.2) is 17.9 Å². The Hall–Kier alpha value is -2.08. The normalized spacial score (nSPS) is 13.1. The number of ketones is 1. The highest BCUT2D eigenvalue weighted by Gasteiger charge is 2.38. The van der Waals surface area contributed by atoms with Crippen LogP contribution in [-0.2, 0) is 14.3 Å². The van der Waals surface area contributed by atoms with Crippen molar-refractivity contribution in [3.05, 3.63) is 35.4 Å². The third-order valence-corrected chi connectivity index (χ3v) is 2.96. The second-order valence-corrected chi connectivity index (χ2v) is 5.25. The summed E-state index contributed by atoms with van der Waals surface area (Å²) in [5, 5.41) is 0. The number of hydrogen-bond donors (Lipinski definition) is 0. The molecule has 1 rings (SSSR count). The SMILES string of the molecule is CC(=O)[C@@](C)(C#Cc1ccc(C)cc1)C(=O)OC(C)C. The molecular formula is C17H20O3. The summed E-state index contributed by atoms with van der Waals surface area (Å²) >= 11 is 0. The summed E-state index contributed by atoms with van der Waals surface area (Å²) in [4.78, 5) is 23.8. The minimum Gasteiger partial charge on any atom is -0.462 e. The molecule has 0 aliphatic carbocycles. The van der Waals surface area contributed by atoms with E-state index in [1.165, 1.54) is 13.8 Å². The maximum absolute atomic E-state index is 12.0. The molecule has 0 bridgehead atoms. The molecule has 1 aromatic rings. The largest absolute Gasteiger partial charge is 0.462 e. The number of hydrogen-bond acceptors (Lipinski definition) is 3. The number of benzene rings is 1. The lowest BCUT2D eigenvalue weighted by Gasteiger charge is -2.20. The summed E-state index contributed by atoms with van der Waals surface area (Å²) in [5.74, 6) is 4.72. The molecule has 0 spiro atoms. The van der Waals surface area contributed by atoms with Gasteiger partial charge in [0.2, 0.25) is 0 Å². The van der Waals surface area contributed by atoms with Crippen LogP contribution in [0.4, 0.5) is 0 Å². The lowest BCUT2D eigenvalue weighted by atomic mass is 9.87. The number of ether oxygens (including phenoxy) is 1. The Balaban J connectivity index is 3.07. The molecule has 0 saturated carbocycles. The van der Waals surface area contributed by atoms with Crippen molar-refractivity contribution in [2.45, 2.75) is 40.7 Å². The smallest absolute Gasteiger partial charge is 0.331 e. The highest BCUT2D eigenvalue weighted by molar-refractivity contribution is 6.05. The molecule has 0 fully saturated rings. The maximum Gasteiger partial charge on any atom is 0.331 e. The quantitative estimate of drug-likeness (QED) is 0.483. The molecule has 106 valence electrons. The Kier molecular flexibility index (Phi) is 5.10. The van der Waals surface area contributed by atoms with Gasteiger partial charge in [0.05, 0.1) is 6.10 Å². The summed E-state index contributed by atoms with van der Waals surface area (Å²) in [6.45, 7) is 8.32. The molecule has 0 aliphatic rings. The topological polar surface area (TPSA) is 43.4 Å². The fourth-order valence-corrected chi connectivity index (χ4v) is 1.45. The molecule has 0 amide bonds. The zero-order valence-corrected chi connectivity index (χ0v) is 12.6. The van der Waals surface area contributed by atoms with Gasteiger partial charge in [-0.2, -0.15) is 0 Å². The van der Waals surface area contributed by atoms with E-state index in [4.69, 9.17) is 4.74 Å². The Labute approximate surface area is 120 Å². The summed E-state index contributed by atoms with van der Waals surface area (Å²) in [6, 6.07) is 7.58.